The zero-order valence-corrected chi connectivity index (χ0v) is 14.5. The largest absolute Gasteiger partial charge is 0.454 e. The molecule has 1 aliphatic rings. The standard InChI is InChI=1S/C18H19N3O5/c1-12(18(22)19-14-5-3-4-6-15(14)21(23)24)20(2)10-13-7-8-16-17(9-13)26-11-25-16/h3-9,12H,10-11H2,1-2H3,(H,19,22)/p+1/t12-/m0/s1. The molecule has 1 aliphatic heterocycles. The van der Waals surface area contributed by atoms with Gasteiger partial charge in [0, 0.05) is 11.6 Å². The maximum atomic E-state index is 12.5. The van der Waals surface area contributed by atoms with Crippen LogP contribution < -0.4 is 19.7 Å². The lowest BCUT2D eigenvalue weighted by Gasteiger charge is -2.21. The van der Waals surface area contributed by atoms with Crippen molar-refractivity contribution in [2.45, 2.75) is 19.5 Å². The molecule has 3 rings (SSSR count). The van der Waals surface area contributed by atoms with Crippen LogP contribution in [0.5, 0.6) is 11.5 Å². The second-order valence-corrected chi connectivity index (χ2v) is 6.20. The Morgan fingerprint density at radius 1 is 1.27 bits per heavy atom. The number of ether oxygens (including phenoxy) is 2. The van der Waals surface area contributed by atoms with E-state index in [1.54, 1.807) is 19.1 Å². The van der Waals surface area contributed by atoms with Crippen molar-refractivity contribution in [2.24, 2.45) is 0 Å². The Morgan fingerprint density at radius 2 is 2.00 bits per heavy atom. The third kappa shape index (κ3) is 3.75. The molecule has 2 aromatic rings. The second-order valence-electron chi connectivity index (χ2n) is 6.20. The number of amides is 1. The Balaban J connectivity index is 1.65. The molecule has 0 aromatic heterocycles. The number of likely N-dealkylation sites (N-methyl/N-ethyl adjacent to an activating group) is 1. The van der Waals surface area contributed by atoms with E-state index in [-0.39, 0.29) is 24.1 Å². The van der Waals surface area contributed by atoms with E-state index in [2.05, 4.69) is 5.32 Å². The van der Waals surface area contributed by atoms with Crippen LogP contribution in [-0.2, 0) is 11.3 Å². The van der Waals surface area contributed by atoms with Gasteiger partial charge in [-0.05, 0) is 31.2 Å². The highest BCUT2D eigenvalue weighted by Crippen LogP contribution is 2.32. The van der Waals surface area contributed by atoms with Gasteiger partial charge in [-0.2, -0.15) is 0 Å². The summed E-state index contributed by atoms with van der Waals surface area (Å²) >= 11 is 0. The maximum Gasteiger partial charge on any atom is 0.292 e. The molecule has 0 radical (unpaired) electrons. The van der Waals surface area contributed by atoms with Gasteiger partial charge in [0.2, 0.25) is 6.79 Å². The fourth-order valence-corrected chi connectivity index (χ4v) is 2.73. The highest BCUT2D eigenvalue weighted by molar-refractivity contribution is 5.95. The Bertz CT molecular complexity index is 839. The minimum absolute atomic E-state index is 0.124. The predicted molar refractivity (Wildman–Crippen MR) is 94.3 cm³/mol. The van der Waals surface area contributed by atoms with Crippen LogP contribution >= 0.6 is 0 Å². The first kappa shape index (κ1) is 17.7. The smallest absolute Gasteiger partial charge is 0.292 e. The molecule has 8 heteroatoms. The van der Waals surface area contributed by atoms with Gasteiger partial charge in [-0.3, -0.25) is 14.9 Å². The molecule has 2 N–H and O–H groups in total. The van der Waals surface area contributed by atoms with Gasteiger partial charge in [0.1, 0.15) is 12.2 Å². The maximum absolute atomic E-state index is 12.5. The van der Waals surface area contributed by atoms with E-state index in [1.165, 1.54) is 12.1 Å². The topological polar surface area (TPSA) is 95.1 Å². The van der Waals surface area contributed by atoms with Crippen LogP contribution in [0.2, 0.25) is 0 Å². The number of hydrogen-bond acceptors (Lipinski definition) is 5. The number of carbonyl (C=O) groups is 1. The molecule has 1 amide bonds. The van der Waals surface area contributed by atoms with Crippen LogP contribution in [0.15, 0.2) is 42.5 Å². The highest BCUT2D eigenvalue weighted by atomic mass is 16.7. The number of anilines is 1. The lowest BCUT2D eigenvalue weighted by molar-refractivity contribution is -0.907. The van der Waals surface area contributed by atoms with Gasteiger partial charge < -0.3 is 19.7 Å². The van der Waals surface area contributed by atoms with Crippen molar-refractivity contribution in [1.82, 2.24) is 0 Å². The quantitative estimate of drug-likeness (QED) is 0.601. The summed E-state index contributed by atoms with van der Waals surface area (Å²) in [5, 5.41) is 13.7. The van der Waals surface area contributed by atoms with Crippen LogP contribution in [0.3, 0.4) is 0 Å². The zero-order valence-electron chi connectivity index (χ0n) is 14.5. The highest BCUT2D eigenvalue weighted by Gasteiger charge is 2.25. The fourth-order valence-electron chi connectivity index (χ4n) is 2.73. The third-order valence-electron chi connectivity index (χ3n) is 4.41. The van der Waals surface area contributed by atoms with E-state index in [9.17, 15) is 14.9 Å². The van der Waals surface area contributed by atoms with Crippen molar-refractivity contribution in [3.8, 4) is 11.5 Å². The van der Waals surface area contributed by atoms with Crippen LogP contribution in [0.25, 0.3) is 0 Å². The van der Waals surface area contributed by atoms with E-state index in [4.69, 9.17) is 9.47 Å². The van der Waals surface area contributed by atoms with Crippen LogP contribution in [0.1, 0.15) is 12.5 Å². The minimum Gasteiger partial charge on any atom is -0.454 e. The molecule has 136 valence electrons. The summed E-state index contributed by atoms with van der Waals surface area (Å²) in [6.07, 6.45) is 0. The number of hydrogen-bond donors (Lipinski definition) is 2. The Hall–Kier alpha value is -3.13. The van der Waals surface area contributed by atoms with E-state index < -0.39 is 11.0 Å². The Morgan fingerprint density at radius 3 is 2.77 bits per heavy atom. The number of para-hydroxylation sites is 2. The number of benzene rings is 2. The molecular weight excluding hydrogens is 338 g/mol. The van der Waals surface area contributed by atoms with Gasteiger partial charge in [0.25, 0.3) is 11.6 Å². The second kappa shape index (κ2) is 7.40. The number of carbonyl (C=O) groups excluding carboxylic acids is 1. The van der Waals surface area contributed by atoms with Crippen molar-refractivity contribution < 1.29 is 24.1 Å². The average Bonchev–Trinajstić information content (AvgIpc) is 3.09. The molecule has 0 fully saturated rings. The molecule has 0 saturated heterocycles. The normalized spacial score (nSPS) is 14.5. The van der Waals surface area contributed by atoms with Crippen LogP contribution in [-0.4, -0.2) is 30.7 Å². The minimum atomic E-state index is -0.510. The van der Waals surface area contributed by atoms with Crippen molar-refractivity contribution >= 4 is 17.3 Å². The molecule has 2 atom stereocenters. The van der Waals surface area contributed by atoms with E-state index in [1.807, 2.05) is 25.2 Å². The van der Waals surface area contributed by atoms with Gasteiger partial charge >= 0.3 is 0 Å². The molecule has 0 spiro atoms. The van der Waals surface area contributed by atoms with Gasteiger partial charge in [-0.15, -0.1) is 0 Å². The summed E-state index contributed by atoms with van der Waals surface area (Å²) in [4.78, 5) is 24.0. The third-order valence-corrected chi connectivity index (χ3v) is 4.41. The zero-order chi connectivity index (χ0) is 18.7. The Labute approximate surface area is 150 Å². The van der Waals surface area contributed by atoms with Gasteiger partial charge in [0.15, 0.2) is 17.5 Å². The lowest BCUT2D eigenvalue weighted by atomic mass is 10.1. The summed E-state index contributed by atoms with van der Waals surface area (Å²) < 4.78 is 10.7. The fraction of sp³-hybridized carbons (Fsp3) is 0.278. The molecule has 2 aromatic carbocycles. The lowest BCUT2D eigenvalue weighted by Crippen LogP contribution is -3.12. The van der Waals surface area contributed by atoms with E-state index in [0.29, 0.717) is 18.0 Å². The summed E-state index contributed by atoms with van der Waals surface area (Å²) in [6, 6.07) is 11.4. The average molecular weight is 358 g/mol. The first-order valence-electron chi connectivity index (χ1n) is 8.21. The molecular formula is C18H20N3O5+. The van der Waals surface area contributed by atoms with Crippen molar-refractivity contribution in [1.29, 1.82) is 0 Å². The summed E-state index contributed by atoms with van der Waals surface area (Å²) in [7, 11) is 1.90. The first-order chi connectivity index (χ1) is 12.5. The number of rotatable bonds is 6. The number of quaternary nitrogens is 1. The van der Waals surface area contributed by atoms with Crippen molar-refractivity contribution in [3.63, 3.8) is 0 Å². The molecule has 0 saturated carbocycles. The van der Waals surface area contributed by atoms with Crippen molar-refractivity contribution in [3.05, 3.63) is 58.1 Å². The Kier molecular flexibility index (Phi) is 5.04. The number of nitrogens with one attached hydrogen (secondary N) is 2. The molecule has 0 aliphatic carbocycles. The molecule has 26 heavy (non-hydrogen) atoms. The monoisotopic (exact) mass is 358 g/mol. The van der Waals surface area contributed by atoms with E-state index in [0.717, 1.165) is 10.5 Å². The number of nitro groups is 1. The van der Waals surface area contributed by atoms with Crippen LogP contribution in [0, 0.1) is 10.1 Å². The summed E-state index contributed by atoms with van der Waals surface area (Å²) in [5.41, 5.74) is 1.09. The van der Waals surface area contributed by atoms with Gasteiger partial charge in [-0.25, -0.2) is 0 Å². The summed E-state index contributed by atoms with van der Waals surface area (Å²) in [6.45, 7) is 2.60. The first-order valence-corrected chi connectivity index (χ1v) is 8.21. The van der Waals surface area contributed by atoms with Gasteiger partial charge in [0.05, 0.1) is 12.0 Å². The van der Waals surface area contributed by atoms with Gasteiger partial charge in [-0.1, -0.05) is 12.1 Å². The predicted octanol–water partition coefficient (Wildman–Crippen LogP) is 1.37. The molecule has 8 nitrogen and oxygen atoms in total. The molecule has 1 heterocycles. The number of nitrogens with zero attached hydrogens (tertiary/aromatic N) is 1. The summed E-state index contributed by atoms with van der Waals surface area (Å²) in [5.74, 6) is 1.14. The van der Waals surface area contributed by atoms with E-state index >= 15 is 0 Å². The molecule has 1 unspecified atom stereocenters. The van der Waals surface area contributed by atoms with Crippen molar-refractivity contribution in [2.75, 3.05) is 19.2 Å². The van der Waals surface area contributed by atoms with Crippen LogP contribution in [0.4, 0.5) is 11.4 Å². The molecule has 0 bridgehead atoms. The number of fused-ring (bicyclic) bond motifs is 1. The SMILES string of the molecule is C[C@@H](C(=O)Nc1ccccc1[N+](=O)[O-])[NH+](C)Cc1ccc2c(c1)OCO2. The number of nitro benzene ring substituents is 1.